The van der Waals surface area contributed by atoms with E-state index >= 15 is 0 Å². The molecule has 1 heterocycles. The van der Waals surface area contributed by atoms with Crippen LogP contribution in [0.25, 0.3) is 0 Å². The molecule has 0 radical (unpaired) electrons. The van der Waals surface area contributed by atoms with Gasteiger partial charge in [-0.05, 0) is 80.7 Å². The Labute approximate surface area is 173 Å². The van der Waals surface area contributed by atoms with Gasteiger partial charge in [-0.1, -0.05) is 24.3 Å². The van der Waals surface area contributed by atoms with Crippen molar-refractivity contribution in [1.82, 2.24) is 9.80 Å². The summed E-state index contributed by atoms with van der Waals surface area (Å²) in [5, 5.41) is 8.82. The van der Waals surface area contributed by atoms with E-state index in [1.807, 2.05) is 24.3 Å². The molecule has 29 heavy (non-hydrogen) atoms. The first-order valence-corrected chi connectivity index (χ1v) is 10.6. The van der Waals surface area contributed by atoms with Crippen molar-refractivity contribution in [2.45, 2.75) is 25.8 Å². The highest BCUT2D eigenvalue weighted by Crippen LogP contribution is 2.20. The molecular formula is C24H33FN2O2. The van der Waals surface area contributed by atoms with Crippen molar-refractivity contribution >= 4 is 0 Å². The number of hydrogen-bond donors (Lipinski definition) is 1. The molecular weight excluding hydrogens is 367 g/mol. The Hall–Kier alpha value is -1.95. The van der Waals surface area contributed by atoms with Gasteiger partial charge < -0.3 is 19.6 Å². The van der Waals surface area contributed by atoms with E-state index in [2.05, 4.69) is 29.0 Å². The first-order valence-electron chi connectivity index (χ1n) is 10.6. The summed E-state index contributed by atoms with van der Waals surface area (Å²) in [7, 11) is 2.19. The number of likely N-dealkylation sites (tertiary alicyclic amines) is 1. The number of rotatable bonds is 10. The second-order valence-electron chi connectivity index (χ2n) is 8.07. The van der Waals surface area contributed by atoms with Crippen LogP contribution in [-0.2, 0) is 13.0 Å². The first kappa shape index (κ1) is 21.8. The Morgan fingerprint density at radius 1 is 1.03 bits per heavy atom. The zero-order valence-electron chi connectivity index (χ0n) is 17.4. The maximum absolute atomic E-state index is 13.0. The van der Waals surface area contributed by atoms with Crippen LogP contribution in [0.1, 0.15) is 24.0 Å². The lowest BCUT2D eigenvalue weighted by molar-refractivity contribution is 0.153. The van der Waals surface area contributed by atoms with Crippen LogP contribution in [0.2, 0.25) is 0 Å². The summed E-state index contributed by atoms with van der Waals surface area (Å²) in [4.78, 5) is 4.94. The predicted octanol–water partition coefficient (Wildman–Crippen LogP) is 3.58. The van der Waals surface area contributed by atoms with E-state index in [0.29, 0.717) is 6.61 Å². The molecule has 5 heteroatoms. The van der Waals surface area contributed by atoms with Crippen LogP contribution in [0.4, 0.5) is 4.39 Å². The van der Waals surface area contributed by atoms with Crippen molar-refractivity contribution in [2.75, 3.05) is 46.4 Å². The van der Waals surface area contributed by atoms with E-state index in [9.17, 15) is 4.39 Å². The average molecular weight is 401 g/mol. The highest BCUT2D eigenvalue weighted by Gasteiger charge is 2.20. The highest BCUT2D eigenvalue weighted by atomic mass is 19.1. The molecule has 1 aliphatic rings. The summed E-state index contributed by atoms with van der Waals surface area (Å²) < 4.78 is 18.4. The van der Waals surface area contributed by atoms with Crippen LogP contribution in [-0.4, -0.2) is 61.3 Å². The molecule has 2 aromatic carbocycles. The standard InChI is InChI=1S/C24H33FN2O2/c1-26(18-21-4-8-24(9-5-21)29-17-16-28)19-22-11-14-27(15-12-22)13-10-20-2-6-23(25)7-3-20/h2-9,22,28H,10-19H2,1H3. The van der Waals surface area contributed by atoms with Gasteiger partial charge in [-0.2, -0.15) is 0 Å². The maximum atomic E-state index is 13.0. The average Bonchev–Trinajstić information content (AvgIpc) is 2.74. The minimum atomic E-state index is -0.162. The third-order valence-electron chi connectivity index (χ3n) is 5.64. The molecule has 4 nitrogen and oxygen atoms in total. The number of nitrogens with zero attached hydrogens (tertiary/aromatic N) is 2. The van der Waals surface area contributed by atoms with Crippen LogP contribution >= 0.6 is 0 Å². The van der Waals surface area contributed by atoms with E-state index in [1.54, 1.807) is 12.1 Å². The lowest BCUT2D eigenvalue weighted by atomic mass is 9.95. The fourth-order valence-electron chi connectivity index (χ4n) is 4.00. The monoisotopic (exact) mass is 400 g/mol. The summed E-state index contributed by atoms with van der Waals surface area (Å²) >= 11 is 0. The second kappa shape index (κ2) is 11.3. The van der Waals surface area contributed by atoms with Crippen LogP contribution in [0.15, 0.2) is 48.5 Å². The molecule has 2 aromatic rings. The Bertz CT molecular complexity index is 713. The molecule has 1 saturated heterocycles. The molecule has 1 aliphatic heterocycles. The Balaban J connectivity index is 1.34. The topological polar surface area (TPSA) is 35.9 Å². The van der Waals surface area contributed by atoms with Gasteiger partial charge in [0.2, 0.25) is 0 Å². The molecule has 0 bridgehead atoms. The Kier molecular flexibility index (Phi) is 8.47. The lowest BCUT2D eigenvalue weighted by Gasteiger charge is -2.34. The fraction of sp³-hybridized carbons (Fsp3) is 0.500. The Morgan fingerprint density at radius 2 is 1.69 bits per heavy atom. The lowest BCUT2D eigenvalue weighted by Crippen LogP contribution is -2.38. The minimum Gasteiger partial charge on any atom is -0.491 e. The maximum Gasteiger partial charge on any atom is 0.123 e. The second-order valence-corrected chi connectivity index (χ2v) is 8.07. The summed E-state index contributed by atoms with van der Waals surface area (Å²) in [6.45, 7) is 5.78. The molecule has 0 saturated carbocycles. The molecule has 0 aromatic heterocycles. The van der Waals surface area contributed by atoms with Gasteiger partial charge in [0.15, 0.2) is 0 Å². The van der Waals surface area contributed by atoms with Crippen LogP contribution in [0, 0.1) is 11.7 Å². The van der Waals surface area contributed by atoms with E-state index in [1.165, 1.54) is 24.0 Å². The summed E-state index contributed by atoms with van der Waals surface area (Å²) in [5.74, 6) is 1.39. The van der Waals surface area contributed by atoms with Crippen molar-refractivity contribution in [3.8, 4) is 5.75 Å². The number of benzene rings is 2. The fourth-order valence-corrected chi connectivity index (χ4v) is 4.00. The highest BCUT2D eigenvalue weighted by molar-refractivity contribution is 5.27. The van der Waals surface area contributed by atoms with Gasteiger partial charge in [0.05, 0.1) is 6.61 Å². The van der Waals surface area contributed by atoms with Gasteiger partial charge >= 0.3 is 0 Å². The van der Waals surface area contributed by atoms with Crippen molar-refractivity contribution < 1.29 is 14.2 Å². The van der Waals surface area contributed by atoms with Gasteiger partial charge in [-0.25, -0.2) is 4.39 Å². The quantitative estimate of drug-likeness (QED) is 0.661. The molecule has 0 aliphatic carbocycles. The van der Waals surface area contributed by atoms with Crippen molar-refractivity contribution in [1.29, 1.82) is 0 Å². The number of hydrogen-bond acceptors (Lipinski definition) is 4. The van der Waals surface area contributed by atoms with E-state index in [-0.39, 0.29) is 12.4 Å². The molecule has 1 N–H and O–H groups in total. The number of halogens is 1. The van der Waals surface area contributed by atoms with E-state index < -0.39 is 0 Å². The molecule has 0 atom stereocenters. The SMILES string of the molecule is CN(Cc1ccc(OCCO)cc1)CC1CCN(CCc2ccc(F)cc2)CC1. The predicted molar refractivity (Wildman–Crippen MR) is 115 cm³/mol. The third-order valence-corrected chi connectivity index (χ3v) is 5.64. The molecule has 3 rings (SSSR count). The molecule has 1 fully saturated rings. The molecule has 0 amide bonds. The Morgan fingerprint density at radius 3 is 2.34 bits per heavy atom. The molecule has 0 spiro atoms. The van der Waals surface area contributed by atoms with Crippen LogP contribution in [0.5, 0.6) is 5.75 Å². The summed E-state index contributed by atoms with van der Waals surface area (Å²) in [5.41, 5.74) is 2.49. The van der Waals surface area contributed by atoms with Gasteiger partial charge in [-0.15, -0.1) is 0 Å². The summed E-state index contributed by atoms with van der Waals surface area (Å²) in [6, 6.07) is 15.0. The third kappa shape index (κ3) is 7.42. The largest absolute Gasteiger partial charge is 0.491 e. The van der Waals surface area contributed by atoms with Gasteiger partial charge in [0.1, 0.15) is 18.2 Å². The number of aliphatic hydroxyl groups excluding tert-OH is 1. The number of ether oxygens (including phenoxy) is 1. The number of aliphatic hydroxyl groups is 1. The van der Waals surface area contributed by atoms with Crippen LogP contribution < -0.4 is 4.74 Å². The van der Waals surface area contributed by atoms with Crippen molar-refractivity contribution in [3.63, 3.8) is 0 Å². The summed E-state index contributed by atoms with van der Waals surface area (Å²) in [6.07, 6.45) is 3.46. The van der Waals surface area contributed by atoms with Crippen LogP contribution in [0.3, 0.4) is 0 Å². The van der Waals surface area contributed by atoms with Gasteiger partial charge in [0, 0.05) is 19.6 Å². The smallest absolute Gasteiger partial charge is 0.123 e. The first-order chi connectivity index (χ1) is 14.1. The van der Waals surface area contributed by atoms with E-state index in [4.69, 9.17) is 9.84 Å². The van der Waals surface area contributed by atoms with Crippen molar-refractivity contribution in [3.05, 3.63) is 65.5 Å². The number of piperidine rings is 1. The molecule has 0 unspecified atom stereocenters. The van der Waals surface area contributed by atoms with E-state index in [0.717, 1.165) is 50.8 Å². The van der Waals surface area contributed by atoms with Gasteiger partial charge in [0.25, 0.3) is 0 Å². The normalized spacial score (nSPS) is 15.7. The zero-order valence-corrected chi connectivity index (χ0v) is 17.4. The van der Waals surface area contributed by atoms with Gasteiger partial charge in [-0.3, -0.25) is 0 Å². The zero-order chi connectivity index (χ0) is 20.5. The minimum absolute atomic E-state index is 0.0372. The van der Waals surface area contributed by atoms with Crippen molar-refractivity contribution in [2.24, 2.45) is 5.92 Å². The molecule has 158 valence electrons.